The molecule has 2 aromatic rings. The molecule has 1 heterocycles. The van der Waals surface area contributed by atoms with Gasteiger partial charge in [0.2, 0.25) is 0 Å². The molecular formula is C24H30N2O2. The van der Waals surface area contributed by atoms with Crippen LogP contribution in [0, 0.1) is 5.92 Å². The summed E-state index contributed by atoms with van der Waals surface area (Å²) in [6.45, 7) is 4.34. The molecule has 4 heteroatoms. The number of nitrogens with one attached hydrogen (secondary N) is 1. The van der Waals surface area contributed by atoms with Crippen LogP contribution in [-0.2, 0) is 6.54 Å². The second-order valence-electron chi connectivity index (χ2n) is 8.32. The quantitative estimate of drug-likeness (QED) is 0.725. The summed E-state index contributed by atoms with van der Waals surface area (Å²) < 4.78 is 0. The molecule has 0 bridgehead atoms. The fraction of sp³-hybridized carbons (Fsp3) is 0.458. The van der Waals surface area contributed by atoms with E-state index in [0.29, 0.717) is 11.6 Å². The Kier molecular flexibility index (Phi) is 6.08. The number of carboxylic acid groups (broad SMARTS) is 1. The van der Waals surface area contributed by atoms with Crippen molar-refractivity contribution in [2.75, 3.05) is 19.6 Å². The number of piperidine rings is 1. The lowest BCUT2D eigenvalue weighted by Gasteiger charge is -2.32. The third-order valence-corrected chi connectivity index (χ3v) is 6.29. The first-order valence-electron chi connectivity index (χ1n) is 10.5. The zero-order chi connectivity index (χ0) is 19.3. The Bertz CT molecular complexity index is 767. The average molecular weight is 379 g/mol. The maximum absolute atomic E-state index is 10.9. The van der Waals surface area contributed by atoms with Gasteiger partial charge in [0, 0.05) is 18.5 Å². The number of rotatable bonds is 8. The number of carbonyl (C=O) groups is 1. The minimum atomic E-state index is -0.859. The average Bonchev–Trinajstić information content (AvgIpc) is 3.50. The zero-order valence-electron chi connectivity index (χ0n) is 16.4. The Balaban J connectivity index is 1.13. The summed E-state index contributed by atoms with van der Waals surface area (Å²) in [5, 5.41) is 12.7. The molecule has 4 rings (SSSR count). The Labute approximate surface area is 167 Å². The molecule has 0 aromatic heterocycles. The van der Waals surface area contributed by atoms with Crippen LogP contribution in [0.15, 0.2) is 54.6 Å². The largest absolute Gasteiger partial charge is 0.478 e. The van der Waals surface area contributed by atoms with Crippen molar-refractivity contribution in [2.45, 2.75) is 44.2 Å². The predicted molar refractivity (Wildman–Crippen MR) is 112 cm³/mol. The molecule has 4 nitrogen and oxygen atoms in total. The number of nitrogens with zero attached hydrogens (tertiary/aromatic N) is 1. The summed E-state index contributed by atoms with van der Waals surface area (Å²) in [7, 11) is 0. The highest BCUT2D eigenvalue weighted by atomic mass is 16.4. The van der Waals surface area contributed by atoms with Crippen molar-refractivity contribution >= 4 is 5.97 Å². The van der Waals surface area contributed by atoms with Gasteiger partial charge in [0.15, 0.2) is 0 Å². The van der Waals surface area contributed by atoms with Crippen molar-refractivity contribution in [1.82, 2.24) is 10.2 Å². The monoisotopic (exact) mass is 378 g/mol. The predicted octanol–water partition coefficient (Wildman–Crippen LogP) is 4.13. The molecule has 1 saturated heterocycles. The van der Waals surface area contributed by atoms with E-state index in [0.717, 1.165) is 38.0 Å². The number of hydrogen-bond donors (Lipinski definition) is 2. The second kappa shape index (κ2) is 8.89. The normalized spacial score (nSPS) is 22.9. The van der Waals surface area contributed by atoms with Crippen molar-refractivity contribution < 1.29 is 9.90 Å². The molecule has 0 radical (unpaired) electrons. The molecule has 2 N–H and O–H groups in total. The minimum Gasteiger partial charge on any atom is -0.478 e. The van der Waals surface area contributed by atoms with Gasteiger partial charge in [-0.3, -0.25) is 4.90 Å². The van der Waals surface area contributed by atoms with Gasteiger partial charge < -0.3 is 10.4 Å². The summed E-state index contributed by atoms with van der Waals surface area (Å²) in [6, 6.07) is 18.8. The number of hydrogen-bond acceptors (Lipinski definition) is 3. The van der Waals surface area contributed by atoms with Gasteiger partial charge in [-0.05, 0) is 74.5 Å². The highest BCUT2D eigenvalue weighted by molar-refractivity contribution is 5.87. The van der Waals surface area contributed by atoms with Crippen LogP contribution in [0.4, 0.5) is 0 Å². The van der Waals surface area contributed by atoms with Crippen LogP contribution in [0.2, 0.25) is 0 Å². The fourth-order valence-corrected chi connectivity index (χ4v) is 4.41. The van der Waals surface area contributed by atoms with Crippen molar-refractivity contribution in [3.63, 3.8) is 0 Å². The van der Waals surface area contributed by atoms with E-state index >= 15 is 0 Å². The van der Waals surface area contributed by atoms with Crippen LogP contribution < -0.4 is 5.32 Å². The molecule has 2 aromatic carbocycles. The molecule has 2 aliphatic rings. The van der Waals surface area contributed by atoms with Gasteiger partial charge in [-0.15, -0.1) is 0 Å². The number of likely N-dealkylation sites (tertiary alicyclic amines) is 1. The van der Waals surface area contributed by atoms with E-state index in [2.05, 4.69) is 40.5 Å². The first-order valence-corrected chi connectivity index (χ1v) is 10.5. The highest BCUT2D eigenvalue weighted by Crippen LogP contribution is 2.40. The lowest BCUT2D eigenvalue weighted by atomic mass is 9.93. The van der Waals surface area contributed by atoms with Crippen molar-refractivity contribution in [3.05, 3.63) is 71.3 Å². The first-order chi connectivity index (χ1) is 13.7. The Hall–Kier alpha value is -2.17. The molecule has 148 valence electrons. The summed E-state index contributed by atoms with van der Waals surface area (Å²) >= 11 is 0. The maximum Gasteiger partial charge on any atom is 0.335 e. The lowest BCUT2D eigenvalue weighted by Crippen LogP contribution is -2.34. The summed E-state index contributed by atoms with van der Waals surface area (Å²) in [4.78, 5) is 13.4. The number of benzene rings is 2. The Morgan fingerprint density at radius 2 is 1.75 bits per heavy atom. The summed E-state index contributed by atoms with van der Waals surface area (Å²) in [5.41, 5.74) is 3.04. The molecule has 2 atom stereocenters. The topological polar surface area (TPSA) is 52.6 Å². The Morgan fingerprint density at radius 1 is 1.04 bits per heavy atom. The van der Waals surface area contributed by atoms with E-state index < -0.39 is 5.97 Å². The van der Waals surface area contributed by atoms with Crippen LogP contribution in [-0.4, -0.2) is 41.7 Å². The second-order valence-corrected chi connectivity index (χ2v) is 8.32. The van der Waals surface area contributed by atoms with Crippen LogP contribution >= 0.6 is 0 Å². The molecule has 0 spiro atoms. The maximum atomic E-state index is 10.9. The number of carboxylic acids is 1. The fourth-order valence-electron chi connectivity index (χ4n) is 4.41. The Morgan fingerprint density at radius 3 is 2.43 bits per heavy atom. The molecule has 0 amide bonds. The van der Waals surface area contributed by atoms with E-state index in [-0.39, 0.29) is 0 Å². The number of aromatic carboxylic acids is 1. The molecule has 0 unspecified atom stereocenters. The molecular weight excluding hydrogens is 348 g/mol. The third kappa shape index (κ3) is 5.00. The van der Waals surface area contributed by atoms with E-state index in [4.69, 9.17) is 5.11 Å². The molecule has 1 aliphatic heterocycles. The molecule has 1 aliphatic carbocycles. The summed E-state index contributed by atoms with van der Waals surface area (Å²) in [6.07, 6.45) is 5.09. The zero-order valence-corrected chi connectivity index (χ0v) is 16.4. The standard InChI is InChI=1S/C24H30N2O2/c27-24(28)21-8-6-19(7-9-21)17-26-14-11-18(12-15-26)10-13-25-23-16-22(23)20-4-2-1-3-5-20/h1-9,18,22-23,25H,10-17H2,(H,27,28)/t22-,23+/m1/s1. The van der Waals surface area contributed by atoms with E-state index in [1.165, 1.54) is 36.8 Å². The third-order valence-electron chi connectivity index (χ3n) is 6.29. The van der Waals surface area contributed by atoms with E-state index in [9.17, 15) is 4.79 Å². The molecule has 2 fully saturated rings. The van der Waals surface area contributed by atoms with Gasteiger partial charge in [-0.25, -0.2) is 4.79 Å². The van der Waals surface area contributed by atoms with Gasteiger partial charge in [0.25, 0.3) is 0 Å². The SMILES string of the molecule is O=C(O)c1ccc(CN2CCC(CCN[C@H]3C[C@@H]3c3ccccc3)CC2)cc1. The lowest BCUT2D eigenvalue weighted by molar-refractivity contribution is 0.0697. The van der Waals surface area contributed by atoms with Crippen LogP contribution in [0.3, 0.4) is 0 Å². The van der Waals surface area contributed by atoms with Crippen molar-refractivity contribution in [1.29, 1.82) is 0 Å². The molecule has 28 heavy (non-hydrogen) atoms. The van der Waals surface area contributed by atoms with Gasteiger partial charge in [-0.2, -0.15) is 0 Å². The van der Waals surface area contributed by atoms with Gasteiger partial charge >= 0.3 is 5.97 Å². The van der Waals surface area contributed by atoms with Gasteiger partial charge in [0.1, 0.15) is 0 Å². The molecule has 1 saturated carbocycles. The van der Waals surface area contributed by atoms with Gasteiger partial charge in [0.05, 0.1) is 5.56 Å². The van der Waals surface area contributed by atoms with E-state index in [1.807, 2.05) is 12.1 Å². The smallest absolute Gasteiger partial charge is 0.335 e. The van der Waals surface area contributed by atoms with Crippen LogP contribution in [0.5, 0.6) is 0 Å². The minimum absolute atomic E-state index is 0.361. The highest BCUT2D eigenvalue weighted by Gasteiger charge is 2.37. The van der Waals surface area contributed by atoms with Crippen molar-refractivity contribution in [3.8, 4) is 0 Å². The first kappa shape index (κ1) is 19.2. The summed E-state index contributed by atoms with van der Waals surface area (Å²) in [5.74, 6) is 0.685. The van der Waals surface area contributed by atoms with Crippen LogP contribution in [0.25, 0.3) is 0 Å². The van der Waals surface area contributed by atoms with E-state index in [1.54, 1.807) is 12.1 Å². The van der Waals surface area contributed by atoms with Crippen LogP contribution in [0.1, 0.15) is 53.1 Å². The van der Waals surface area contributed by atoms with Gasteiger partial charge in [-0.1, -0.05) is 42.5 Å². The van der Waals surface area contributed by atoms with Crippen molar-refractivity contribution in [2.24, 2.45) is 5.92 Å².